The van der Waals surface area contributed by atoms with E-state index in [1.807, 2.05) is 13.0 Å². The number of nitrogens with one attached hydrogen (secondary N) is 1. The lowest BCUT2D eigenvalue weighted by atomic mass is 10.1. The fourth-order valence-corrected chi connectivity index (χ4v) is 1.67. The molecule has 0 amide bonds. The van der Waals surface area contributed by atoms with Gasteiger partial charge in [-0.15, -0.1) is 0 Å². The van der Waals surface area contributed by atoms with Crippen LogP contribution in [-0.2, 0) is 0 Å². The minimum Gasteiger partial charge on any atom is -0.363 e. The lowest BCUT2D eigenvalue weighted by Crippen LogP contribution is -2.08. The van der Waals surface area contributed by atoms with E-state index in [9.17, 15) is 8.78 Å². The van der Waals surface area contributed by atoms with Crippen molar-refractivity contribution < 1.29 is 8.78 Å². The van der Waals surface area contributed by atoms with E-state index in [1.165, 1.54) is 12.1 Å². The third kappa shape index (κ3) is 2.83. The Labute approximate surface area is 105 Å². The first-order valence-electron chi connectivity index (χ1n) is 5.71. The average Bonchev–Trinajstić information content (AvgIpc) is 2.32. The second kappa shape index (κ2) is 5.12. The molecular formula is C14H14F2N2. The highest BCUT2D eigenvalue weighted by molar-refractivity contribution is 5.38. The minimum atomic E-state index is -0.540. The van der Waals surface area contributed by atoms with E-state index in [0.717, 1.165) is 5.56 Å². The summed E-state index contributed by atoms with van der Waals surface area (Å²) in [4.78, 5) is 3.71. The predicted molar refractivity (Wildman–Crippen MR) is 67.4 cm³/mol. The molecule has 0 aliphatic heterocycles. The molecule has 0 spiro atoms. The lowest BCUT2D eigenvalue weighted by molar-refractivity contribution is 0.584. The van der Waals surface area contributed by atoms with Crippen molar-refractivity contribution in [1.82, 2.24) is 4.98 Å². The Bertz CT molecular complexity index is 555. The highest BCUT2D eigenvalue weighted by Crippen LogP contribution is 2.20. The Morgan fingerprint density at radius 2 is 1.94 bits per heavy atom. The van der Waals surface area contributed by atoms with E-state index < -0.39 is 5.95 Å². The van der Waals surface area contributed by atoms with Crippen LogP contribution >= 0.6 is 0 Å². The highest BCUT2D eigenvalue weighted by atomic mass is 19.1. The van der Waals surface area contributed by atoms with Crippen LogP contribution in [0.2, 0.25) is 0 Å². The maximum Gasteiger partial charge on any atom is 0.214 e. The SMILES string of the molecule is Cc1ccc(C(C)Nc2cccc(F)n2)cc1F. The summed E-state index contributed by atoms with van der Waals surface area (Å²) in [6.45, 7) is 3.59. The number of halogens is 2. The first-order chi connectivity index (χ1) is 8.56. The molecule has 1 aromatic carbocycles. The van der Waals surface area contributed by atoms with Crippen LogP contribution < -0.4 is 5.32 Å². The summed E-state index contributed by atoms with van der Waals surface area (Å²) in [7, 11) is 0. The van der Waals surface area contributed by atoms with Crippen molar-refractivity contribution in [3.8, 4) is 0 Å². The molecule has 1 atom stereocenters. The van der Waals surface area contributed by atoms with E-state index in [1.54, 1.807) is 25.1 Å². The fraction of sp³-hybridized carbons (Fsp3) is 0.214. The van der Waals surface area contributed by atoms with Gasteiger partial charge in [0, 0.05) is 0 Å². The van der Waals surface area contributed by atoms with Gasteiger partial charge in [0.25, 0.3) is 0 Å². The van der Waals surface area contributed by atoms with Gasteiger partial charge in [0.1, 0.15) is 11.6 Å². The molecule has 0 aliphatic rings. The molecule has 0 saturated carbocycles. The number of hydrogen-bond donors (Lipinski definition) is 1. The van der Waals surface area contributed by atoms with Gasteiger partial charge in [0.2, 0.25) is 5.95 Å². The average molecular weight is 248 g/mol. The van der Waals surface area contributed by atoms with Crippen molar-refractivity contribution in [1.29, 1.82) is 0 Å². The highest BCUT2D eigenvalue weighted by Gasteiger charge is 2.08. The fourth-order valence-electron chi connectivity index (χ4n) is 1.67. The summed E-state index contributed by atoms with van der Waals surface area (Å²) in [5.74, 6) is -0.348. The van der Waals surface area contributed by atoms with Gasteiger partial charge in [-0.2, -0.15) is 4.39 Å². The lowest BCUT2D eigenvalue weighted by Gasteiger charge is -2.15. The molecule has 1 heterocycles. The first-order valence-corrected chi connectivity index (χ1v) is 5.71. The number of pyridine rings is 1. The summed E-state index contributed by atoms with van der Waals surface area (Å²) in [6.07, 6.45) is 0. The summed E-state index contributed by atoms with van der Waals surface area (Å²) < 4.78 is 26.4. The van der Waals surface area contributed by atoms with Crippen LogP contribution in [0.3, 0.4) is 0 Å². The molecule has 2 nitrogen and oxygen atoms in total. The van der Waals surface area contributed by atoms with Crippen LogP contribution in [0.5, 0.6) is 0 Å². The summed E-state index contributed by atoms with van der Waals surface area (Å²) in [5, 5.41) is 3.03. The smallest absolute Gasteiger partial charge is 0.214 e. The summed E-state index contributed by atoms with van der Waals surface area (Å²) in [5.41, 5.74) is 1.40. The number of anilines is 1. The zero-order valence-electron chi connectivity index (χ0n) is 10.2. The van der Waals surface area contributed by atoms with E-state index in [4.69, 9.17) is 0 Å². The largest absolute Gasteiger partial charge is 0.363 e. The molecule has 0 saturated heterocycles. The summed E-state index contributed by atoms with van der Waals surface area (Å²) >= 11 is 0. The van der Waals surface area contributed by atoms with Gasteiger partial charge in [-0.1, -0.05) is 18.2 Å². The van der Waals surface area contributed by atoms with Crippen LogP contribution in [0.15, 0.2) is 36.4 Å². The Balaban J connectivity index is 2.16. The van der Waals surface area contributed by atoms with Crippen molar-refractivity contribution in [2.75, 3.05) is 5.32 Å². The predicted octanol–water partition coefficient (Wildman–Crippen LogP) is 3.84. The number of nitrogens with zero attached hydrogens (tertiary/aromatic N) is 1. The Kier molecular flexibility index (Phi) is 3.55. The van der Waals surface area contributed by atoms with E-state index in [0.29, 0.717) is 11.4 Å². The van der Waals surface area contributed by atoms with Crippen LogP contribution in [0, 0.1) is 18.7 Å². The second-order valence-corrected chi connectivity index (χ2v) is 4.22. The van der Waals surface area contributed by atoms with E-state index in [-0.39, 0.29) is 11.9 Å². The number of aryl methyl sites for hydroxylation is 1. The van der Waals surface area contributed by atoms with Gasteiger partial charge >= 0.3 is 0 Å². The second-order valence-electron chi connectivity index (χ2n) is 4.22. The molecule has 2 aromatic rings. The molecule has 0 bridgehead atoms. The standard InChI is InChI=1S/C14H14F2N2/c1-9-6-7-11(8-12(9)15)10(2)17-14-5-3-4-13(16)18-14/h3-8,10H,1-2H3,(H,17,18). The van der Waals surface area contributed by atoms with Gasteiger partial charge < -0.3 is 5.32 Å². The quantitative estimate of drug-likeness (QED) is 0.835. The van der Waals surface area contributed by atoms with E-state index >= 15 is 0 Å². The molecule has 1 aromatic heterocycles. The number of rotatable bonds is 3. The molecule has 1 N–H and O–H groups in total. The van der Waals surface area contributed by atoms with Crippen molar-refractivity contribution in [2.24, 2.45) is 0 Å². The zero-order valence-corrected chi connectivity index (χ0v) is 10.2. The number of benzene rings is 1. The Morgan fingerprint density at radius 1 is 1.17 bits per heavy atom. The Hall–Kier alpha value is -1.97. The van der Waals surface area contributed by atoms with Crippen LogP contribution in [0.25, 0.3) is 0 Å². The molecule has 0 fully saturated rings. The number of aromatic nitrogens is 1. The van der Waals surface area contributed by atoms with Crippen molar-refractivity contribution in [3.05, 3.63) is 59.3 Å². The molecule has 0 radical (unpaired) electrons. The number of hydrogen-bond acceptors (Lipinski definition) is 2. The third-order valence-corrected chi connectivity index (χ3v) is 2.78. The molecule has 0 aliphatic carbocycles. The minimum absolute atomic E-state index is 0.144. The van der Waals surface area contributed by atoms with Crippen molar-refractivity contribution in [2.45, 2.75) is 19.9 Å². The van der Waals surface area contributed by atoms with Crippen molar-refractivity contribution in [3.63, 3.8) is 0 Å². The molecular weight excluding hydrogens is 234 g/mol. The third-order valence-electron chi connectivity index (χ3n) is 2.78. The van der Waals surface area contributed by atoms with E-state index in [2.05, 4.69) is 10.3 Å². The topological polar surface area (TPSA) is 24.9 Å². The van der Waals surface area contributed by atoms with Gasteiger partial charge in [0.15, 0.2) is 0 Å². The first kappa shape index (κ1) is 12.5. The normalized spacial score (nSPS) is 12.2. The maximum atomic E-state index is 13.4. The summed E-state index contributed by atoms with van der Waals surface area (Å²) in [6, 6.07) is 9.43. The van der Waals surface area contributed by atoms with Crippen LogP contribution in [0.1, 0.15) is 24.1 Å². The van der Waals surface area contributed by atoms with Gasteiger partial charge in [-0.05, 0) is 43.2 Å². The molecule has 18 heavy (non-hydrogen) atoms. The van der Waals surface area contributed by atoms with Gasteiger partial charge in [-0.25, -0.2) is 9.37 Å². The molecule has 2 rings (SSSR count). The molecule has 94 valence electrons. The van der Waals surface area contributed by atoms with Crippen molar-refractivity contribution >= 4 is 5.82 Å². The van der Waals surface area contributed by atoms with Crippen LogP contribution in [-0.4, -0.2) is 4.98 Å². The molecule has 1 unspecified atom stereocenters. The molecule has 4 heteroatoms. The van der Waals surface area contributed by atoms with Gasteiger partial charge in [0.05, 0.1) is 6.04 Å². The Morgan fingerprint density at radius 3 is 2.61 bits per heavy atom. The van der Waals surface area contributed by atoms with Gasteiger partial charge in [-0.3, -0.25) is 0 Å². The van der Waals surface area contributed by atoms with Crippen LogP contribution in [0.4, 0.5) is 14.6 Å². The zero-order chi connectivity index (χ0) is 13.1. The maximum absolute atomic E-state index is 13.4. The monoisotopic (exact) mass is 248 g/mol.